The van der Waals surface area contributed by atoms with Gasteiger partial charge in [-0.1, -0.05) is 0 Å². The molecule has 0 bridgehead atoms. The van der Waals surface area contributed by atoms with Crippen molar-refractivity contribution in [3.8, 4) is 0 Å². The van der Waals surface area contributed by atoms with Gasteiger partial charge in [0.15, 0.2) is 0 Å². The molecule has 4 heterocycles. The van der Waals surface area contributed by atoms with Crippen LogP contribution in [0.3, 0.4) is 0 Å². The molecule has 0 spiro atoms. The Balaban J connectivity index is 1.60. The van der Waals surface area contributed by atoms with E-state index in [1.54, 1.807) is 11.0 Å². The molecule has 140 valence electrons. The molecule has 0 radical (unpaired) electrons. The predicted molar refractivity (Wildman–Crippen MR) is 83.3 cm³/mol. The van der Waals surface area contributed by atoms with Gasteiger partial charge in [-0.2, -0.15) is 18.2 Å². The number of nitrogens with zero attached hydrogens (tertiary/aromatic N) is 5. The lowest BCUT2D eigenvalue weighted by Crippen LogP contribution is -2.44. The van der Waals surface area contributed by atoms with Gasteiger partial charge in [0.1, 0.15) is 6.10 Å². The van der Waals surface area contributed by atoms with Gasteiger partial charge in [0.25, 0.3) is 17.5 Å². The van der Waals surface area contributed by atoms with E-state index in [0.29, 0.717) is 25.4 Å². The number of hydrogen-bond donors (Lipinski definition) is 0. The molecule has 2 aliphatic heterocycles. The third-order valence-corrected chi connectivity index (χ3v) is 4.88. The molecule has 2 aromatic rings. The molecular weight excluding hydrogens is 351 g/mol. The Morgan fingerprint density at radius 3 is 2.85 bits per heavy atom. The number of piperidine rings is 1. The lowest BCUT2D eigenvalue weighted by atomic mass is 9.94. The third-order valence-electron chi connectivity index (χ3n) is 4.88. The van der Waals surface area contributed by atoms with Crippen molar-refractivity contribution in [1.82, 2.24) is 24.5 Å². The highest BCUT2D eigenvalue weighted by molar-refractivity contribution is 5.81. The third kappa shape index (κ3) is 3.13. The molecule has 2 atom stereocenters. The maximum absolute atomic E-state index is 12.9. The van der Waals surface area contributed by atoms with Crippen molar-refractivity contribution in [3.05, 3.63) is 23.8 Å². The smallest absolute Gasteiger partial charge is 0.368 e. The highest BCUT2D eigenvalue weighted by Crippen LogP contribution is 2.30. The van der Waals surface area contributed by atoms with Crippen LogP contribution in [0.1, 0.15) is 43.1 Å². The predicted octanol–water partition coefficient (Wildman–Crippen LogP) is 2.03. The van der Waals surface area contributed by atoms with Crippen LogP contribution in [-0.4, -0.2) is 56.2 Å². The van der Waals surface area contributed by atoms with Crippen LogP contribution >= 0.6 is 0 Å². The zero-order chi connectivity index (χ0) is 18.3. The summed E-state index contributed by atoms with van der Waals surface area (Å²) in [6, 6.07) is 1.65. The van der Waals surface area contributed by atoms with E-state index < -0.39 is 18.1 Å². The van der Waals surface area contributed by atoms with E-state index in [1.807, 2.05) is 0 Å². The number of ether oxygens (including phenoxy) is 1. The molecule has 0 N–H and O–H groups in total. The minimum Gasteiger partial charge on any atom is -0.368 e. The quantitative estimate of drug-likeness (QED) is 0.810. The van der Waals surface area contributed by atoms with Crippen molar-refractivity contribution in [2.75, 3.05) is 19.7 Å². The molecule has 7 nitrogen and oxygen atoms in total. The zero-order valence-electron chi connectivity index (χ0n) is 13.9. The first kappa shape index (κ1) is 17.2. The van der Waals surface area contributed by atoms with Crippen molar-refractivity contribution >= 4 is 11.7 Å². The Kier molecular flexibility index (Phi) is 4.29. The highest BCUT2D eigenvalue weighted by Gasteiger charge is 2.37. The fourth-order valence-corrected chi connectivity index (χ4v) is 3.64. The summed E-state index contributed by atoms with van der Waals surface area (Å²) in [5.41, 5.74) is 0.586. The molecule has 0 unspecified atom stereocenters. The molecule has 10 heteroatoms. The van der Waals surface area contributed by atoms with Crippen LogP contribution in [0.25, 0.3) is 5.78 Å². The van der Waals surface area contributed by atoms with Crippen molar-refractivity contribution in [1.29, 1.82) is 0 Å². The monoisotopic (exact) mass is 369 g/mol. The van der Waals surface area contributed by atoms with E-state index in [-0.39, 0.29) is 17.6 Å². The number of likely N-dealkylation sites (tertiary alicyclic amines) is 1. The summed E-state index contributed by atoms with van der Waals surface area (Å²) in [6.45, 7) is 1.66. The molecular formula is C16H18F3N5O2. The standard InChI is InChI=1S/C16H18F3N5O2/c17-16(18,19)14-21-15-20-6-5-11(24(15)22-14)10-3-1-7-23(9-10)13(25)12-4-2-8-26-12/h5-6,10,12H,1-4,7-9H2/t10-,12+/m1/s1. The van der Waals surface area contributed by atoms with Crippen LogP contribution in [0.2, 0.25) is 0 Å². The van der Waals surface area contributed by atoms with Gasteiger partial charge in [-0.3, -0.25) is 4.79 Å². The number of rotatable bonds is 2. The average molecular weight is 369 g/mol. The van der Waals surface area contributed by atoms with Crippen molar-refractivity contribution in [2.24, 2.45) is 0 Å². The van der Waals surface area contributed by atoms with Gasteiger partial charge in [0.05, 0.1) is 5.69 Å². The second-order valence-corrected chi connectivity index (χ2v) is 6.64. The molecule has 2 aromatic heterocycles. The Labute approximate surface area is 147 Å². The summed E-state index contributed by atoms with van der Waals surface area (Å²) in [5, 5.41) is 3.60. The summed E-state index contributed by atoms with van der Waals surface area (Å²) in [4.78, 5) is 21.7. The summed E-state index contributed by atoms with van der Waals surface area (Å²) in [7, 11) is 0. The number of halogens is 3. The van der Waals surface area contributed by atoms with E-state index in [4.69, 9.17) is 4.74 Å². The lowest BCUT2D eigenvalue weighted by molar-refractivity contribution is -0.144. The number of amides is 1. The normalized spacial score (nSPS) is 24.3. The van der Waals surface area contributed by atoms with Gasteiger partial charge in [-0.25, -0.2) is 9.50 Å². The van der Waals surface area contributed by atoms with Crippen LogP contribution < -0.4 is 0 Å². The highest BCUT2D eigenvalue weighted by atomic mass is 19.4. The van der Waals surface area contributed by atoms with Crippen LogP contribution in [0.4, 0.5) is 13.2 Å². The SMILES string of the molecule is O=C([C@@H]1CCCO1)N1CCC[C@@H](c2ccnc3nc(C(F)(F)F)nn23)C1. The average Bonchev–Trinajstić information content (AvgIpc) is 3.30. The van der Waals surface area contributed by atoms with Gasteiger partial charge in [-0.15, -0.1) is 5.10 Å². The van der Waals surface area contributed by atoms with Gasteiger partial charge in [-0.05, 0) is 31.7 Å². The summed E-state index contributed by atoms with van der Waals surface area (Å²) < 4.78 is 45.3. The molecule has 0 saturated carbocycles. The molecule has 2 fully saturated rings. The Morgan fingerprint density at radius 2 is 2.12 bits per heavy atom. The van der Waals surface area contributed by atoms with Crippen LogP contribution in [0.15, 0.2) is 12.3 Å². The Hall–Kier alpha value is -2.23. The number of carbonyl (C=O) groups excluding carboxylic acids is 1. The van der Waals surface area contributed by atoms with E-state index in [9.17, 15) is 18.0 Å². The largest absolute Gasteiger partial charge is 0.453 e. The van der Waals surface area contributed by atoms with Gasteiger partial charge < -0.3 is 9.64 Å². The minimum atomic E-state index is -4.63. The van der Waals surface area contributed by atoms with Crippen LogP contribution in [0, 0.1) is 0 Å². The van der Waals surface area contributed by atoms with Crippen LogP contribution in [-0.2, 0) is 15.7 Å². The fourth-order valence-electron chi connectivity index (χ4n) is 3.64. The maximum atomic E-state index is 12.9. The van der Waals surface area contributed by atoms with Crippen molar-refractivity contribution < 1.29 is 22.7 Å². The molecule has 26 heavy (non-hydrogen) atoms. The summed E-state index contributed by atoms with van der Waals surface area (Å²) >= 11 is 0. The summed E-state index contributed by atoms with van der Waals surface area (Å²) in [6.07, 6.45) is -0.465. The molecule has 0 aromatic carbocycles. The number of fused-ring (bicyclic) bond motifs is 1. The number of hydrogen-bond acceptors (Lipinski definition) is 5. The Morgan fingerprint density at radius 1 is 1.27 bits per heavy atom. The first-order valence-corrected chi connectivity index (χ1v) is 8.63. The lowest BCUT2D eigenvalue weighted by Gasteiger charge is -2.34. The second kappa shape index (κ2) is 6.49. The van der Waals surface area contributed by atoms with Gasteiger partial charge in [0, 0.05) is 31.8 Å². The first-order valence-electron chi connectivity index (χ1n) is 8.63. The molecule has 1 amide bonds. The first-order chi connectivity index (χ1) is 12.4. The molecule has 0 aliphatic carbocycles. The van der Waals surface area contributed by atoms with E-state index >= 15 is 0 Å². The number of alkyl halides is 3. The number of aromatic nitrogens is 4. The van der Waals surface area contributed by atoms with E-state index in [1.165, 1.54) is 6.20 Å². The topological polar surface area (TPSA) is 72.6 Å². The molecule has 2 aliphatic rings. The molecule has 2 saturated heterocycles. The van der Waals surface area contributed by atoms with Gasteiger partial charge in [0.2, 0.25) is 0 Å². The maximum Gasteiger partial charge on any atom is 0.453 e. The van der Waals surface area contributed by atoms with Crippen molar-refractivity contribution in [3.63, 3.8) is 0 Å². The fraction of sp³-hybridized carbons (Fsp3) is 0.625. The van der Waals surface area contributed by atoms with E-state index in [0.717, 1.165) is 30.2 Å². The molecule has 4 rings (SSSR count). The minimum absolute atomic E-state index is 0.0351. The van der Waals surface area contributed by atoms with Crippen LogP contribution in [0.5, 0.6) is 0 Å². The number of carbonyl (C=O) groups is 1. The summed E-state index contributed by atoms with van der Waals surface area (Å²) in [5.74, 6) is -1.45. The van der Waals surface area contributed by atoms with E-state index in [2.05, 4.69) is 15.1 Å². The van der Waals surface area contributed by atoms with Crippen molar-refractivity contribution in [2.45, 2.75) is 43.9 Å². The van der Waals surface area contributed by atoms with Gasteiger partial charge >= 0.3 is 6.18 Å². The Bertz CT molecular complexity index is 816. The zero-order valence-corrected chi connectivity index (χ0v) is 13.9. The second-order valence-electron chi connectivity index (χ2n) is 6.64.